The molecule has 108 valence electrons. The van der Waals surface area contributed by atoms with E-state index in [1.165, 1.54) is 12.8 Å². The molecule has 4 nitrogen and oxygen atoms in total. The van der Waals surface area contributed by atoms with Gasteiger partial charge < -0.3 is 5.11 Å². The molecule has 1 saturated heterocycles. The molecule has 2 unspecified atom stereocenters. The molecule has 0 spiro atoms. The van der Waals surface area contributed by atoms with Crippen LogP contribution < -0.4 is 0 Å². The van der Waals surface area contributed by atoms with E-state index in [0.29, 0.717) is 12.6 Å². The lowest BCUT2D eigenvalue weighted by Gasteiger charge is -2.30. The molecule has 1 rings (SSSR count). The predicted molar refractivity (Wildman–Crippen MR) is 74.5 cm³/mol. The first-order chi connectivity index (χ1) is 8.44. The summed E-state index contributed by atoms with van der Waals surface area (Å²) in [6.07, 6.45) is 5.08. The third-order valence-electron chi connectivity index (χ3n) is 3.74. The second kappa shape index (κ2) is 7.46. The Morgan fingerprint density at radius 1 is 1.33 bits per heavy atom. The van der Waals surface area contributed by atoms with Crippen LogP contribution in [0.15, 0.2) is 0 Å². The Kier molecular flexibility index (Phi) is 6.60. The molecule has 0 aromatic rings. The van der Waals surface area contributed by atoms with Crippen molar-refractivity contribution in [1.82, 2.24) is 4.90 Å². The van der Waals surface area contributed by atoms with Crippen molar-refractivity contribution in [2.45, 2.75) is 58.1 Å². The number of sulfone groups is 1. The molecule has 1 aliphatic rings. The Balaban J connectivity index is 2.56. The smallest absolute Gasteiger partial charge is 0.151 e. The van der Waals surface area contributed by atoms with Crippen LogP contribution in [0.1, 0.15) is 46.0 Å². The normalized spacial score (nSPS) is 24.7. The fraction of sp³-hybridized carbons (Fsp3) is 1.00. The van der Waals surface area contributed by atoms with Crippen LogP contribution in [0.25, 0.3) is 0 Å². The summed E-state index contributed by atoms with van der Waals surface area (Å²) in [6, 6.07) is 0.347. The molecule has 0 saturated carbocycles. The van der Waals surface area contributed by atoms with Gasteiger partial charge in [-0.1, -0.05) is 19.8 Å². The third kappa shape index (κ3) is 5.67. The Morgan fingerprint density at radius 3 is 2.67 bits per heavy atom. The summed E-state index contributed by atoms with van der Waals surface area (Å²) in [5, 5.41) is 9.54. The van der Waals surface area contributed by atoms with Gasteiger partial charge in [-0.3, -0.25) is 4.90 Å². The molecular weight excluding hydrogens is 250 g/mol. The van der Waals surface area contributed by atoms with E-state index in [-0.39, 0.29) is 17.6 Å². The van der Waals surface area contributed by atoms with Crippen molar-refractivity contribution in [3.05, 3.63) is 0 Å². The van der Waals surface area contributed by atoms with Gasteiger partial charge in [0.1, 0.15) is 0 Å². The molecule has 0 aromatic carbocycles. The van der Waals surface area contributed by atoms with E-state index in [2.05, 4.69) is 4.90 Å². The molecule has 1 aliphatic heterocycles. The minimum Gasteiger partial charge on any atom is -0.393 e. The summed E-state index contributed by atoms with van der Waals surface area (Å²) in [6.45, 7) is 5.10. The van der Waals surface area contributed by atoms with Crippen molar-refractivity contribution in [3.8, 4) is 0 Å². The van der Waals surface area contributed by atoms with Crippen molar-refractivity contribution in [2.75, 3.05) is 24.6 Å². The van der Waals surface area contributed by atoms with E-state index in [1.54, 1.807) is 6.92 Å². The maximum atomic E-state index is 11.6. The Bertz CT molecular complexity index is 327. The first kappa shape index (κ1) is 15.9. The van der Waals surface area contributed by atoms with Crippen molar-refractivity contribution >= 4 is 9.84 Å². The van der Waals surface area contributed by atoms with E-state index in [1.807, 2.05) is 6.92 Å². The topological polar surface area (TPSA) is 57.6 Å². The molecule has 5 heteroatoms. The molecule has 1 fully saturated rings. The Hall–Kier alpha value is -0.130. The van der Waals surface area contributed by atoms with Gasteiger partial charge in [0, 0.05) is 18.3 Å². The monoisotopic (exact) mass is 277 g/mol. The summed E-state index contributed by atoms with van der Waals surface area (Å²) in [7, 11) is -2.89. The lowest BCUT2D eigenvalue weighted by atomic mass is 10.0. The molecule has 0 bridgehead atoms. The Morgan fingerprint density at radius 2 is 2.06 bits per heavy atom. The highest BCUT2D eigenvalue weighted by molar-refractivity contribution is 7.91. The van der Waals surface area contributed by atoms with Gasteiger partial charge in [0.05, 0.1) is 11.9 Å². The molecule has 18 heavy (non-hydrogen) atoms. The third-order valence-corrected chi connectivity index (χ3v) is 5.43. The van der Waals surface area contributed by atoms with E-state index in [9.17, 15) is 13.5 Å². The highest BCUT2D eigenvalue weighted by Crippen LogP contribution is 2.20. The second-order valence-electron chi connectivity index (χ2n) is 5.36. The van der Waals surface area contributed by atoms with Gasteiger partial charge in [-0.05, 0) is 32.7 Å². The van der Waals surface area contributed by atoms with Gasteiger partial charge in [-0.2, -0.15) is 0 Å². The fourth-order valence-corrected chi connectivity index (χ4v) is 3.39. The first-order valence-corrected chi connectivity index (χ1v) is 8.89. The molecule has 1 heterocycles. The number of hydrogen-bond donors (Lipinski definition) is 1. The molecule has 0 aromatic heterocycles. The number of rotatable bonds is 6. The van der Waals surface area contributed by atoms with Crippen molar-refractivity contribution in [3.63, 3.8) is 0 Å². The van der Waals surface area contributed by atoms with Crippen LogP contribution in [0.3, 0.4) is 0 Å². The van der Waals surface area contributed by atoms with Crippen LogP contribution >= 0.6 is 0 Å². The number of likely N-dealkylation sites (tertiary alicyclic amines) is 1. The zero-order valence-corrected chi connectivity index (χ0v) is 12.5. The largest absolute Gasteiger partial charge is 0.393 e. The van der Waals surface area contributed by atoms with E-state index in [4.69, 9.17) is 0 Å². The minimum absolute atomic E-state index is 0.224. The second-order valence-corrected chi connectivity index (χ2v) is 7.83. The minimum atomic E-state index is -2.89. The van der Waals surface area contributed by atoms with Crippen LogP contribution in [-0.4, -0.2) is 55.2 Å². The van der Waals surface area contributed by atoms with Crippen LogP contribution in [0.2, 0.25) is 0 Å². The summed E-state index contributed by atoms with van der Waals surface area (Å²) in [5.41, 5.74) is 0. The van der Waals surface area contributed by atoms with Crippen LogP contribution in [0.5, 0.6) is 0 Å². The zero-order valence-electron chi connectivity index (χ0n) is 11.6. The highest BCUT2D eigenvalue weighted by atomic mass is 32.2. The van der Waals surface area contributed by atoms with Gasteiger partial charge in [0.15, 0.2) is 9.84 Å². The molecule has 2 atom stereocenters. The summed E-state index contributed by atoms with van der Waals surface area (Å²) >= 11 is 0. The number of hydrogen-bond acceptors (Lipinski definition) is 4. The van der Waals surface area contributed by atoms with Crippen LogP contribution in [-0.2, 0) is 9.84 Å². The van der Waals surface area contributed by atoms with Crippen LogP contribution in [0, 0.1) is 0 Å². The van der Waals surface area contributed by atoms with Gasteiger partial charge in [0.2, 0.25) is 0 Å². The van der Waals surface area contributed by atoms with E-state index < -0.39 is 9.84 Å². The molecule has 0 amide bonds. The lowest BCUT2D eigenvalue weighted by molar-refractivity contribution is 0.116. The van der Waals surface area contributed by atoms with Crippen molar-refractivity contribution in [1.29, 1.82) is 0 Å². The average molecular weight is 277 g/mol. The molecular formula is C13H27NO3S. The lowest BCUT2D eigenvalue weighted by Crippen LogP contribution is -2.40. The predicted octanol–water partition coefficient (Wildman–Crippen LogP) is 1.44. The summed E-state index contributed by atoms with van der Waals surface area (Å²) in [4.78, 5) is 2.27. The quantitative estimate of drug-likeness (QED) is 0.798. The van der Waals surface area contributed by atoms with E-state index in [0.717, 1.165) is 25.8 Å². The average Bonchev–Trinajstić information content (AvgIpc) is 2.51. The van der Waals surface area contributed by atoms with Crippen LogP contribution in [0.4, 0.5) is 0 Å². The fourth-order valence-electron chi connectivity index (χ4n) is 2.59. The van der Waals surface area contributed by atoms with Gasteiger partial charge in [-0.15, -0.1) is 0 Å². The number of nitrogens with zero attached hydrogens (tertiary/aromatic N) is 1. The summed E-state index contributed by atoms with van der Waals surface area (Å²) in [5.74, 6) is 0.474. The van der Waals surface area contributed by atoms with Gasteiger partial charge >= 0.3 is 0 Å². The first-order valence-electron chi connectivity index (χ1n) is 7.07. The molecule has 0 aliphatic carbocycles. The van der Waals surface area contributed by atoms with Gasteiger partial charge in [0.25, 0.3) is 0 Å². The maximum absolute atomic E-state index is 11.6. The van der Waals surface area contributed by atoms with Gasteiger partial charge in [-0.25, -0.2) is 8.42 Å². The summed E-state index contributed by atoms with van der Waals surface area (Å²) < 4.78 is 23.2. The maximum Gasteiger partial charge on any atom is 0.151 e. The van der Waals surface area contributed by atoms with Crippen molar-refractivity contribution < 1.29 is 13.5 Å². The zero-order chi connectivity index (χ0) is 13.6. The van der Waals surface area contributed by atoms with Crippen molar-refractivity contribution in [2.24, 2.45) is 0 Å². The SMILES string of the molecule is CCS(=O)(=O)CCN1CCCCCC1CC(C)O. The highest BCUT2D eigenvalue weighted by Gasteiger charge is 2.23. The Labute approximate surface area is 111 Å². The standard InChI is InChI=1S/C13H27NO3S/c1-3-18(16,17)10-9-14-8-6-4-5-7-13(14)11-12(2)15/h12-13,15H,3-11H2,1-2H3. The number of aliphatic hydroxyl groups excluding tert-OH is 1. The molecule has 1 N–H and O–H groups in total. The van der Waals surface area contributed by atoms with E-state index >= 15 is 0 Å². The number of aliphatic hydroxyl groups is 1. The molecule has 0 radical (unpaired) electrons.